The average Bonchev–Trinajstić information content (AvgIpc) is 3.31. The number of hydrogen-bond acceptors (Lipinski definition) is 4. The normalized spacial score (nSPS) is 13.7. The van der Waals surface area contributed by atoms with Gasteiger partial charge in [-0.2, -0.15) is 10.2 Å². The van der Waals surface area contributed by atoms with Crippen LogP contribution in [0.15, 0.2) is 18.3 Å². The van der Waals surface area contributed by atoms with Crippen LogP contribution in [-0.2, 0) is 0 Å². The minimum absolute atomic E-state index is 0.203. The van der Waals surface area contributed by atoms with Gasteiger partial charge in [-0.3, -0.25) is 4.79 Å². The topological polar surface area (TPSA) is 66.9 Å². The first-order valence-electron chi connectivity index (χ1n) is 7.31. The summed E-state index contributed by atoms with van der Waals surface area (Å²) in [5.74, 6) is -2.41. The van der Waals surface area contributed by atoms with Gasteiger partial charge in [0.25, 0.3) is 5.91 Å². The number of anilines is 2. The van der Waals surface area contributed by atoms with Gasteiger partial charge in [0, 0.05) is 18.2 Å². The number of rotatable bonds is 4. The number of benzene rings is 1. The van der Waals surface area contributed by atoms with E-state index in [9.17, 15) is 13.6 Å². The molecule has 1 aromatic heterocycles. The fraction of sp³-hybridized carbons (Fsp3) is 0.312. The first-order chi connectivity index (χ1) is 11.0. The van der Waals surface area contributed by atoms with Crippen LogP contribution >= 0.6 is 0 Å². The standard InChI is InChI=1S/C16H16F2N4O/c1-8-9(2)22-19-7-11(8)16(23)21-15-6-13(18)12(17)5-14(15)20-10-3-4-10/h5-7,10,20H,3-4H2,1-2H3,(H,21,23). The van der Waals surface area contributed by atoms with Crippen LogP contribution in [0.5, 0.6) is 0 Å². The molecule has 0 radical (unpaired) electrons. The van der Waals surface area contributed by atoms with Gasteiger partial charge >= 0.3 is 0 Å². The maximum Gasteiger partial charge on any atom is 0.257 e. The van der Waals surface area contributed by atoms with Gasteiger partial charge in [0.2, 0.25) is 0 Å². The molecule has 1 amide bonds. The predicted molar refractivity (Wildman–Crippen MR) is 82.5 cm³/mol. The molecule has 1 saturated carbocycles. The largest absolute Gasteiger partial charge is 0.381 e. The van der Waals surface area contributed by atoms with E-state index in [1.54, 1.807) is 13.8 Å². The average molecular weight is 318 g/mol. The van der Waals surface area contributed by atoms with Crippen LogP contribution in [0.3, 0.4) is 0 Å². The second-order valence-corrected chi connectivity index (χ2v) is 5.65. The number of carbonyl (C=O) groups excluding carboxylic acids is 1. The van der Waals surface area contributed by atoms with E-state index in [1.165, 1.54) is 6.20 Å². The Bertz CT molecular complexity index is 775. The van der Waals surface area contributed by atoms with Crippen molar-refractivity contribution in [2.45, 2.75) is 32.7 Å². The highest BCUT2D eigenvalue weighted by molar-refractivity contribution is 6.06. The zero-order chi connectivity index (χ0) is 16.6. The highest BCUT2D eigenvalue weighted by Gasteiger charge is 2.24. The smallest absolute Gasteiger partial charge is 0.257 e. The highest BCUT2D eigenvalue weighted by atomic mass is 19.2. The van der Waals surface area contributed by atoms with Crippen molar-refractivity contribution in [1.29, 1.82) is 0 Å². The van der Waals surface area contributed by atoms with Crippen LogP contribution in [0.1, 0.15) is 34.5 Å². The summed E-state index contributed by atoms with van der Waals surface area (Å²) in [7, 11) is 0. The molecule has 0 spiro atoms. The van der Waals surface area contributed by atoms with Gasteiger partial charge in [-0.25, -0.2) is 8.78 Å². The number of nitrogens with zero attached hydrogens (tertiary/aromatic N) is 2. The summed E-state index contributed by atoms with van der Waals surface area (Å²) < 4.78 is 27.0. The van der Waals surface area contributed by atoms with Crippen molar-refractivity contribution >= 4 is 17.3 Å². The molecule has 1 aromatic carbocycles. The first kappa shape index (κ1) is 15.3. The Morgan fingerprint density at radius 3 is 2.48 bits per heavy atom. The molecule has 0 unspecified atom stereocenters. The molecule has 1 aliphatic carbocycles. The van der Waals surface area contributed by atoms with E-state index in [4.69, 9.17) is 0 Å². The third-order valence-corrected chi connectivity index (χ3v) is 3.83. The van der Waals surface area contributed by atoms with E-state index in [0.717, 1.165) is 25.0 Å². The molecule has 5 nitrogen and oxygen atoms in total. The molecule has 2 aromatic rings. The molecule has 1 fully saturated rings. The van der Waals surface area contributed by atoms with E-state index in [0.29, 0.717) is 22.5 Å². The number of hydrogen-bond donors (Lipinski definition) is 2. The molecule has 0 bridgehead atoms. The van der Waals surface area contributed by atoms with Crippen molar-refractivity contribution in [3.63, 3.8) is 0 Å². The summed E-state index contributed by atoms with van der Waals surface area (Å²) >= 11 is 0. The zero-order valence-corrected chi connectivity index (χ0v) is 12.8. The second kappa shape index (κ2) is 5.91. The van der Waals surface area contributed by atoms with Crippen molar-refractivity contribution in [2.75, 3.05) is 10.6 Å². The maximum atomic E-state index is 13.5. The molecular weight excluding hydrogens is 302 g/mol. The summed E-state index contributed by atoms with van der Waals surface area (Å²) in [5, 5.41) is 13.3. The number of amides is 1. The predicted octanol–water partition coefficient (Wildman–Crippen LogP) is 3.20. The van der Waals surface area contributed by atoms with Gasteiger partial charge in [0.05, 0.1) is 28.8 Å². The second-order valence-electron chi connectivity index (χ2n) is 5.65. The molecule has 23 heavy (non-hydrogen) atoms. The zero-order valence-electron chi connectivity index (χ0n) is 12.8. The quantitative estimate of drug-likeness (QED) is 0.908. The fourth-order valence-corrected chi connectivity index (χ4v) is 2.18. The lowest BCUT2D eigenvalue weighted by Crippen LogP contribution is -2.17. The van der Waals surface area contributed by atoms with Crippen LogP contribution in [-0.4, -0.2) is 22.1 Å². The summed E-state index contributed by atoms with van der Waals surface area (Å²) in [6, 6.07) is 2.28. The molecule has 0 atom stereocenters. The van der Waals surface area contributed by atoms with Gasteiger partial charge in [0.15, 0.2) is 11.6 Å². The Morgan fingerprint density at radius 2 is 1.83 bits per heavy atom. The Morgan fingerprint density at radius 1 is 1.17 bits per heavy atom. The summed E-state index contributed by atoms with van der Waals surface area (Å²) in [5.41, 5.74) is 2.25. The molecule has 3 rings (SSSR count). The molecule has 120 valence electrons. The number of aromatic nitrogens is 2. The molecule has 0 saturated heterocycles. The summed E-state index contributed by atoms with van der Waals surface area (Å²) in [4.78, 5) is 12.4. The van der Waals surface area contributed by atoms with Gasteiger partial charge in [-0.05, 0) is 32.3 Å². The van der Waals surface area contributed by atoms with Crippen molar-refractivity contribution in [3.8, 4) is 0 Å². The van der Waals surface area contributed by atoms with Gasteiger partial charge in [0.1, 0.15) is 0 Å². The van der Waals surface area contributed by atoms with E-state index in [1.807, 2.05) is 0 Å². The Balaban J connectivity index is 1.90. The number of nitrogens with one attached hydrogen (secondary N) is 2. The van der Waals surface area contributed by atoms with Gasteiger partial charge in [-0.1, -0.05) is 0 Å². The minimum Gasteiger partial charge on any atom is -0.381 e. The highest BCUT2D eigenvalue weighted by Crippen LogP contribution is 2.31. The van der Waals surface area contributed by atoms with Crippen molar-refractivity contribution < 1.29 is 13.6 Å². The lowest BCUT2D eigenvalue weighted by atomic mass is 10.1. The Hall–Kier alpha value is -2.57. The lowest BCUT2D eigenvalue weighted by molar-refractivity contribution is 0.102. The van der Waals surface area contributed by atoms with Gasteiger partial charge < -0.3 is 10.6 Å². The van der Waals surface area contributed by atoms with Crippen LogP contribution in [0.4, 0.5) is 20.2 Å². The van der Waals surface area contributed by atoms with Crippen molar-refractivity contribution in [1.82, 2.24) is 10.2 Å². The molecule has 0 aliphatic heterocycles. The third-order valence-electron chi connectivity index (χ3n) is 3.83. The van der Waals surface area contributed by atoms with Crippen molar-refractivity contribution in [3.05, 3.63) is 46.8 Å². The molecule has 7 heteroatoms. The first-order valence-corrected chi connectivity index (χ1v) is 7.31. The van der Waals surface area contributed by atoms with E-state index in [-0.39, 0.29) is 11.7 Å². The monoisotopic (exact) mass is 318 g/mol. The SMILES string of the molecule is Cc1nncc(C(=O)Nc2cc(F)c(F)cc2NC2CC2)c1C. The minimum atomic E-state index is -1.01. The van der Waals surface area contributed by atoms with E-state index >= 15 is 0 Å². The van der Waals surface area contributed by atoms with Crippen molar-refractivity contribution in [2.24, 2.45) is 0 Å². The van der Waals surface area contributed by atoms with E-state index < -0.39 is 17.5 Å². The van der Waals surface area contributed by atoms with Crippen LogP contribution < -0.4 is 10.6 Å². The molecule has 1 heterocycles. The molecule has 1 aliphatic rings. The molecular formula is C16H16F2N4O. The van der Waals surface area contributed by atoms with Gasteiger partial charge in [-0.15, -0.1) is 0 Å². The summed E-state index contributed by atoms with van der Waals surface area (Å²) in [6.07, 6.45) is 3.30. The van der Waals surface area contributed by atoms with E-state index in [2.05, 4.69) is 20.8 Å². The maximum absolute atomic E-state index is 13.5. The molecule has 2 N–H and O–H groups in total. The van der Waals surface area contributed by atoms with Crippen LogP contribution in [0.2, 0.25) is 0 Å². The number of carbonyl (C=O) groups is 1. The van der Waals surface area contributed by atoms with Crippen LogP contribution in [0, 0.1) is 25.5 Å². The lowest BCUT2D eigenvalue weighted by Gasteiger charge is -2.14. The Labute approximate surface area is 132 Å². The summed E-state index contributed by atoms with van der Waals surface area (Å²) in [6.45, 7) is 3.50. The fourth-order valence-electron chi connectivity index (χ4n) is 2.18. The number of aryl methyl sites for hydroxylation is 1. The number of halogens is 2. The Kier molecular flexibility index (Phi) is 3.94. The van der Waals surface area contributed by atoms with Crippen LogP contribution in [0.25, 0.3) is 0 Å². The third kappa shape index (κ3) is 3.28.